The summed E-state index contributed by atoms with van der Waals surface area (Å²) in [4.78, 5) is 15.2. The molecule has 0 amide bonds. The normalized spacial score (nSPS) is 11.7. The van der Waals surface area contributed by atoms with Gasteiger partial charge >= 0.3 is 12.1 Å². The highest BCUT2D eigenvalue weighted by Gasteiger charge is 2.40. The number of carbonyl (C=O) groups is 1. The van der Waals surface area contributed by atoms with E-state index in [-0.39, 0.29) is 22.0 Å². The highest BCUT2D eigenvalue weighted by molar-refractivity contribution is 9.10. The van der Waals surface area contributed by atoms with Crippen LogP contribution in [0.15, 0.2) is 22.7 Å². The lowest BCUT2D eigenvalue weighted by molar-refractivity contribution is -0.141. The number of para-hydroxylation sites is 1. The molecule has 112 valence electrons. The van der Waals surface area contributed by atoms with E-state index in [2.05, 4.69) is 25.7 Å². The fraction of sp³-hybridized carbons (Fsp3) is 0.231. The number of nitrogens with zero attached hydrogens (tertiary/aromatic N) is 1. The number of hydrogen-bond donors (Lipinski definition) is 1. The first kappa shape index (κ1) is 15.6. The van der Waals surface area contributed by atoms with Gasteiger partial charge in [-0.25, -0.2) is 9.78 Å². The van der Waals surface area contributed by atoms with Crippen molar-refractivity contribution in [3.05, 3.63) is 33.9 Å². The third-order valence-corrected chi connectivity index (χ3v) is 3.33. The molecule has 0 aliphatic heterocycles. The highest BCUT2D eigenvalue weighted by atomic mass is 79.9. The van der Waals surface area contributed by atoms with Crippen LogP contribution in [0.5, 0.6) is 5.75 Å². The van der Waals surface area contributed by atoms with Gasteiger partial charge in [0.2, 0.25) is 0 Å². The molecule has 0 bridgehead atoms. The van der Waals surface area contributed by atoms with Gasteiger partial charge in [-0.05, 0) is 35.0 Å². The Labute approximate surface area is 125 Å². The van der Waals surface area contributed by atoms with Crippen molar-refractivity contribution in [2.45, 2.75) is 13.1 Å². The van der Waals surface area contributed by atoms with Crippen LogP contribution in [0.1, 0.15) is 23.0 Å². The van der Waals surface area contributed by atoms with Crippen LogP contribution in [-0.4, -0.2) is 22.7 Å². The van der Waals surface area contributed by atoms with Crippen LogP contribution in [0.25, 0.3) is 10.9 Å². The molecule has 21 heavy (non-hydrogen) atoms. The zero-order valence-electron chi connectivity index (χ0n) is 10.7. The molecule has 0 unspecified atom stereocenters. The van der Waals surface area contributed by atoms with E-state index in [1.165, 1.54) is 25.1 Å². The molecule has 0 fully saturated rings. The molecule has 1 heterocycles. The van der Waals surface area contributed by atoms with E-state index in [1.807, 2.05) is 0 Å². The molecule has 1 aromatic heterocycles. The van der Waals surface area contributed by atoms with E-state index >= 15 is 0 Å². The quantitative estimate of drug-likeness (QED) is 0.822. The molecule has 8 heteroatoms. The molecule has 0 atom stereocenters. The highest BCUT2D eigenvalue weighted by Crippen LogP contribution is 2.40. The second kappa shape index (κ2) is 5.51. The third kappa shape index (κ3) is 2.80. The average Bonchev–Trinajstić information content (AvgIpc) is 2.38. The van der Waals surface area contributed by atoms with Gasteiger partial charge in [-0.2, -0.15) is 13.2 Å². The first-order valence-corrected chi connectivity index (χ1v) is 6.62. The number of hydrogen-bond acceptors (Lipinski definition) is 4. The van der Waals surface area contributed by atoms with Crippen molar-refractivity contribution in [2.75, 3.05) is 6.61 Å². The molecule has 1 N–H and O–H groups in total. The fourth-order valence-electron chi connectivity index (χ4n) is 1.84. The van der Waals surface area contributed by atoms with E-state index in [4.69, 9.17) is 0 Å². The molecule has 0 saturated carbocycles. The minimum Gasteiger partial charge on any atom is -0.506 e. The number of aromatic nitrogens is 1. The molecule has 0 saturated heterocycles. The topological polar surface area (TPSA) is 59.4 Å². The van der Waals surface area contributed by atoms with Crippen LogP contribution in [0.4, 0.5) is 13.2 Å². The van der Waals surface area contributed by atoms with Gasteiger partial charge in [0.15, 0.2) is 5.69 Å². The average molecular weight is 364 g/mol. The monoisotopic (exact) mass is 363 g/mol. The number of rotatable bonds is 2. The number of esters is 1. The number of halogens is 4. The first-order chi connectivity index (χ1) is 9.77. The second-order valence-electron chi connectivity index (χ2n) is 4.04. The molecule has 2 rings (SSSR count). The maximum Gasteiger partial charge on any atom is 0.434 e. The number of carbonyl (C=O) groups excluding carboxylic acids is 1. The minimum atomic E-state index is -4.90. The summed E-state index contributed by atoms with van der Waals surface area (Å²) in [6, 6.07) is 4.36. The van der Waals surface area contributed by atoms with Gasteiger partial charge in [-0.1, -0.05) is 6.07 Å². The lowest BCUT2D eigenvalue weighted by Gasteiger charge is -2.15. The Morgan fingerprint density at radius 2 is 2.10 bits per heavy atom. The van der Waals surface area contributed by atoms with Crippen LogP contribution >= 0.6 is 15.9 Å². The number of fused-ring (bicyclic) bond motifs is 1. The third-order valence-electron chi connectivity index (χ3n) is 2.69. The fourth-order valence-corrected chi connectivity index (χ4v) is 2.29. The summed E-state index contributed by atoms with van der Waals surface area (Å²) in [6.45, 7) is 1.33. The molecule has 4 nitrogen and oxygen atoms in total. The summed E-state index contributed by atoms with van der Waals surface area (Å²) in [5, 5.41) is 10.1. The lowest BCUT2D eigenvalue weighted by Crippen LogP contribution is -2.18. The summed E-state index contributed by atoms with van der Waals surface area (Å²) in [5.41, 5.74) is -2.54. The molecule has 2 aromatic rings. The van der Waals surface area contributed by atoms with Crippen LogP contribution in [0.3, 0.4) is 0 Å². The van der Waals surface area contributed by atoms with Gasteiger partial charge in [-0.15, -0.1) is 0 Å². The maximum absolute atomic E-state index is 13.1. The molecular formula is C13H9BrF3NO3. The van der Waals surface area contributed by atoms with Gasteiger partial charge in [0.1, 0.15) is 11.3 Å². The SMILES string of the molecule is CCOC(=O)c1c(C(F)(F)F)nc2c(Br)cccc2c1O. The van der Waals surface area contributed by atoms with Crippen molar-refractivity contribution in [2.24, 2.45) is 0 Å². The van der Waals surface area contributed by atoms with Crippen molar-refractivity contribution in [1.29, 1.82) is 0 Å². The minimum absolute atomic E-state index is 0.0282. The zero-order valence-corrected chi connectivity index (χ0v) is 12.2. The van der Waals surface area contributed by atoms with E-state index in [1.54, 1.807) is 0 Å². The summed E-state index contributed by atoms with van der Waals surface area (Å²) in [5.74, 6) is -2.07. The van der Waals surface area contributed by atoms with E-state index in [0.717, 1.165) is 0 Å². The number of pyridine rings is 1. The lowest BCUT2D eigenvalue weighted by atomic mass is 10.1. The van der Waals surface area contributed by atoms with Gasteiger partial charge in [-0.3, -0.25) is 0 Å². The molecule has 1 aromatic carbocycles. The first-order valence-electron chi connectivity index (χ1n) is 5.82. The zero-order chi connectivity index (χ0) is 15.8. The maximum atomic E-state index is 13.1. The second-order valence-corrected chi connectivity index (χ2v) is 4.89. The number of benzene rings is 1. The Balaban J connectivity index is 2.87. The standard InChI is InChI=1S/C13H9BrF3NO3/c1-2-21-12(20)8-10(19)6-4-3-5-7(14)9(6)18-11(8)13(15,16)17/h3-5H,2H2,1H3,(H,18,19). The Bertz CT molecular complexity index is 716. The smallest absolute Gasteiger partial charge is 0.434 e. The van der Waals surface area contributed by atoms with E-state index < -0.39 is 29.2 Å². The van der Waals surface area contributed by atoms with Crippen molar-refractivity contribution in [3.8, 4) is 5.75 Å². The molecule has 0 aliphatic carbocycles. The Hall–Kier alpha value is -1.83. The van der Waals surface area contributed by atoms with Crippen molar-refractivity contribution < 1.29 is 27.8 Å². The van der Waals surface area contributed by atoms with Gasteiger partial charge in [0.05, 0.1) is 12.1 Å². The number of alkyl halides is 3. The van der Waals surface area contributed by atoms with Crippen LogP contribution in [0.2, 0.25) is 0 Å². The Morgan fingerprint density at radius 3 is 2.67 bits per heavy atom. The summed E-state index contributed by atoms with van der Waals surface area (Å²) in [7, 11) is 0. The van der Waals surface area contributed by atoms with Crippen LogP contribution in [0, 0.1) is 0 Å². The Kier molecular flexibility index (Phi) is 4.08. The molecule has 0 aliphatic rings. The molecule has 0 radical (unpaired) electrons. The largest absolute Gasteiger partial charge is 0.506 e. The number of aromatic hydroxyl groups is 1. The predicted octanol–water partition coefficient (Wildman–Crippen LogP) is 3.90. The number of ether oxygens (including phenoxy) is 1. The van der Waals surface area contributed by atoms with Gasteiger partial charge in [0.25, 0.3) is 0 Å². The van der Waals surface area contributed by atoms with Crippen LogP contribution < -0.4 is 0 Å². The van der Waals surface area contributed by atoms with Crippen LogP contribution in [-0.2, 0) is 10.9 Å². The van der Waals surface area contributed by atoms with E-state index in [9.17, 15) is 23.1 Å². The van der Waals surface area contributed by atoms with Crippen molar-refractivity contribution in [1.82, 2.24) is 4.98 Å². The molecule has 0 spiro atoms. The molecular weight excluding hydrogens is 355 g/mol. The summed E-state index contributed by atoms with van der Waals surface area (Å²) in [6.07, 6.45) is -4.90. The summed E-state index contributed by atoms with van der Waals surface area (Å²) >= 11 is 3.07. The van der Waals surface area contributed by atoms with Crippen molar-refractivity contribution >= 4 is 32.8 Å². The summed E-state index contributed by atoms with van der Waals surface area (Å²) < 4.78 is 44.1. The van der Waals surface area contributed by atoms with E-state index in [0.29, 0.717) is 0 Å². The van der Waals surface area contributed by atoms with Gasteiger partial charge < -0.3 is 9.84 Å². The van der Waals surface area contributed by atoms with Crippen molar-refractivity contribution in [3.63, 3.8) is 0 Å². The Morgan fingerprint density at radius 1 is 1.43 bits per heavy atom. The van der Waals surface area contributed by atoms with Gasteiger partial charge in [0, 0.05) is 9.86 Å². The predicted molar refractivity (Wildman–Crippen MR) is 72.1 cm³/mol.